The second-order valence-electron chi connectivity index (χ2n) is 9.38. The maximum atomic E-state index is 12.9. The minimum atomic E-state index is 0.134. The molecular weight excluding hydrogens is 476 g/mol. The first-order valence-electron chi connectivity index (χ1n) is 12.8. The van der Waals surface area contributed by atoms with Crippen molar-refractivity contribution in [2.75, 3.05) is 65.6 Å². The Morgan fingerprint density at radius 2 is 1.61 bits per heavy atom. The molecule has 9 heteroatoms. The van der Waals surface area contributed by atoms with Gasteiger partial charge in [-0.15, -0.1) is 0 Å². The fourth-order valence-corrected chi connectivity index (χ4v) is 5.72. The molecule has 0 radical (unpaired) electrons. The summed E-state index contributed by atoms with van der Waals surface area (Å²) < 4.78 is 13.0. The predicted molar refractivity (Wildman–Crippen MR) is 141 cm³/mol. The Labute approximate surface area is 216 Å². The molecule has 8 nitrogen and oxygen atoms in total. The van der Waals surface area contributed by atoms with E-state index in [-0.39, 0.29) is 12.5 Å². The molecule has 0 saturated carbocycles. The van der Waals surface area contributed by atoms with Crippen LogP contribution in [0.25, 0.3) is 10.2 Å². The number of hydrogen-bond acceptors (Lipinski definition) is 8. The number of ether oxygens (including phenoxy) is 2. The standard InChI is InChI=1S/C27H34N4O4S/c32-19-17-30-13-15-31(16-14-30)26(33)21-9-11-29(12-10-21)18-20-34-22-5-7-23(8-6-22)35-27-28-24-3-1-2-4-25(24)36-27/h1-8,21,32H,9-20H2. The lowest BCUT2D eigenvalue weighted by atomic mass is 9.95. The quantitative estimate of drug-likeness (QED) is 0.473. The number of para-hydroxylation sites is 1. The summed E-state index contributed by atoms with van der Waals surface area (Å²) in [6.07, 6.45) is 1.82. The van der Waals surface area contributed by atoms with E-state index in [9.17, 15) is 4.79 Å². The van der Waals surface area contributed by atoms with Crippen LogP contribution >= 0.6 is 11.3 Å². The second kappa shape index (κ2) is 12.0. The smallest absolute Gasteiger partial charge is 0.279 e. The number of thiazole rings is 1. The Morgan fingerprint density at radius 3 is 2.33 bits per heavy atom. The number of amides is 1. The summed E-state index contributed by atoms with van der Waals surface area (Å²) in [6, 6.07) is 15.7. The van der Waals surface area contributed by atoms with E-state index < -0.39 is 0 Å². The number of benzene rings is 2. The molecule has 1 aromatic heterocycles. The maximum Gasteiger partial charge on any atom is 0.279 e. The van der Waals surface area contributed by atoms with Crippen LogP contribution in [-0.2, 0) is 4.79 Å². The normalized spacial score (nSPS) is 18.0. The van der Waals surface area contributed by atoms with Gasteiger partial charge in [-0.2, -0.15) is 0 Å². The van der Waals surface area contributed by atoms with Crippen LogP contribution < -0.4 is 9.47 Å². The van der Waals surface area contributed by atoms with Gasteiger partial charge in [-0.3, -0.25) is 14.6 Å². The Balaban J connectivity index is 1.00. The van der Waals surface area contributed by atoms with Gasteiger partial charge in [0.05, 0.1) is 16.8 Å². The number of aromatic nitrogens is 1. The zero-order chi connectivity index (χ0) is 24.7. The SMILES string of the molecule is O=C(C1CCN(CCOc2ccc(Oc3nc4ccccc4s3)cc2)CC1)N1CCN(CCO)CC1. The van der Waals surface area contributed by atoms with Crippen molar-refractivity contribution in [1.29, 1.82) is 0 Å². The van der Waals surface area contributed by atoms with Crippen molar-refractivity contribution < 1.29 is 19.4 Å². The van der Waals surface area contributed by atoms with E-state index in [1.807, 2.05) is 53.4 Å². The average molecular weight is 511 g/mol. The third-order valence-corrected chi connectivity index (χ3v) is 7.93. The number of β-amino-alcohol motifs (C(OH)–C–C–N with tert-alkyl or cyclic N) is 1. The first-order valence-corrected chi connectivity index (χ1v) is 13.6. The Morgan fingerprint density at radius 1 is 0.917 bits per heavy atom. The van der Waals surface area contributed by atoms with Crippen LogP contribution in [0.1, 0.15) is 12.8 Å². The van der Waals surface area contributed by atoms with Crippen LogP contribution in [0.5, 0.6) is 16.7 Å². The highest BCUT2D eigenvalue weighted by Gasteiger charge is 2.30. The number of carbonyl (C=O) groups excluding carboxylic acids is 1. The molecule has 0 unspecified atom stereocenters. The van der Waals surface area contributed by atoms with Crippen LogP contribution in [0.4, 0.5) is 0 Å². The third kappa shape index (κ3) is 6.34. The number of piperazine rings is 1. The first kappa shape index (κ1) is 25.0. The molecule has 2 fully saturated rings. The van der Waals surface area contributed by atoms with Crippen LogP contribution in [0.2, 0.25) is 0 Å². The maximum absolute atomic E-state index is 12.9. The number of carbonyl (C=O) groups is 1. The highest BCUT2D eigenvalue weighted by Crippen LogP contribution is 2.31. The average Bonchev–Trinajstić information content (AvgIpc) is 3.33. The van der Waals surface area contributed by atoms with E-state index in [4.69, 9.17) is 14.6 Å². The van der Waals surface area contributed by atoms with Gasteiger partial charge in [0.2, 0.25) is 5.91 Å². The molecule has 2 aliphatic rings. The van der Waals surface area contributed by atoms with Gasteiger partial charge in [0, 0.05) is 45.2 Å². The van der Waals surface area contributed by atoms with Crippen molar-refractivity contribution in [2.24, 2.45) is 5.92 Å². The molecule has 3 aromatic rings. The van der Waals surface area contributed by atoms with Gasteiger partial charge in [0.1, 0.15) is 18.1 Å². The van der Waals surface area contributed by atoms with E-state index in [1.54, 1.807) is 0 Å². The molecule has 0 aliphatic carbocycles. The van der Waals surface area contributed by atoms with Gasteiger partial charge in [-0.25, -0.2) is 4.98 Å². The van der Waals surface area contributed by atoms with Gasteiger partial charge >= 0.3 is 0 Å². The molecule has 2 aromatic carbocycles. The molecule has 0 atom stereocenters. The molecule has 192 valence electrons. The van der Waals surface area contributed by atoms with Gasteiger partial charge in [-0.05, 0) is 62.3 Å². The Bertz CT molecular complexity index is 1090. The fraction of sp³-hybridized carbons (Fsp3) is 0.481. The summed E-state index contributed by atoms with van der Waals surface area (Å²) in [5.41, 5.74) is 0.947. The van der Waals surface area contributed by atoms with Crippen molar-refractivity contribution in [3.63, 3.8) is 0 Å². The van der Waals surface area contributed by atoms with Gasteiger partial charge in [0.25, 0.3) is 5.19 Å². The second-order valence-corrected chi connectivity index (χ2v) is 10.4. The zero-order valence-corrected chi connectivity index (χ0v) is 21.4. The van der Waals surface area contributed by atoms with Crippen LogP contribution in [0.3, 0.4) is 0 Å². The topological polar surface area (TPSA) is 78.4 Å². The van der Waals surface area contributed by atoms with Gasteiger partial charge in [0.15, 0.2) is 0 Å². The van der Waals surface area contributed by atoms with E-state index in [0.717, 1.165) is 80.4 Å². The number of fused-ring (bicyclic) bond motifs is 1. The molecule has 1 amide bonds. The first-order chi connectivity index (χ1) is 17.7. The van der Waals surface area contributed by atoms with Gasteiger partial charge < -0.3 is 19.5 Å². The van der Waals surface area contributed by atoms with Crippen LogP contribution in [0, 0.1) is 5.92 Å². The third-order valence-electron chi connectivity index (χ3n) is 7.02. The molecular formula is C27H34N4O4S. The highest BCUT2D eigenvalue weighted by molar-refractivity contribution is 7.20. The van der Waals surface area contributed by atoms with E-state index in [2.05, 4.69) is 14.8 Å². The number of aliphatic hydroxyl groups is 1. The summed E-state index contributed by atoms with van der Waals surface area (Å²) in [5, 5.41) is 9.72. The van der Waals surface area contributed by atoms with Crippen LogP contribution in [0.15, 0.2) is 48.5 Å². The minimum absolute atomic E-state index is 0.134. The van der Waals surface area contributed by atoms with Crippen molar-refractivity contribution in [3.8, 4) is 16.7 Å². The minimum Gasteiger partial charge on any atom is -0.492 e. The lowest BCUT2D eigenvalue weighted by molar-refractivity contribution is -0.138. The number of rotatable bonds is 9. The number of piperidine rings is 1. The lowest BCUT2D eigenvalue weighted by Crippen LogP contribution is -2.52. The number of nitrogens with zero attached hydrogens (tertiary/aromatic N) is 4. The largest absolute Gasteiger partial charge is 0.492 e. The van der Waals surface area contributed by atoms with E-state index >= 15 is 0 Å². The molecule has 2 saturated heterocycles. The number of aliphatic hydroxyl groups excluding tert-OH is 1. The van der Waals surface area contributed by atoms with Gasteiger partial charge in [-0.1, -0.05) is 23.5 Å². The molecule has 3 heterocycles. The Hall–Kier alpha value is -2.72. The monoisotopic (exact) mass is 510 g/mol. The molecule has 36 heavy (non-hydrogen) atoms. The van der Waals surface area contributed by atoms with E-state index in [1.165, 1.54) is 11.3 Å². The van der Waals surface area contributed by atoms with Crippen molar-refractivity contribution in [3.05, 3.63) is 48.5 Å². The molecule has 5 rings (SSSR count). The highest BCUT2D eigenvalue weighted by atomic mass is 32.1. The summed E-state index contributed by atoms with van der Waals surface area (Å²) in [5.74, 6) is 2.00. The predicted octanol–water partition coefficient (Wildman–Crippen LogP) is 3.32. The van der Waals surface area contributed by atoms with Crippen molar-refractivity contribution >= 4 is 27.5 Å². The number of likely N-dealkylation sites (tertiary alicyclic amines) is 1. The molecule has 1 N–H and O–H groups in total. The Kier molecular flexibility index (Phi) is 8.32. The lowest BCUT2D eigenvalue weighted by Gasteiger charge is -2.38. The molecule has 0 spiro atoms. The molecule has 2 aliphatic heterocycles. The zero-order valence-electron chi connectivity index (χ0n) is 20.6. The number of hydrogen-bond donors (Lipinski definition) is 1. The van der Waals surface area contributed by atoms with Crippen LogP contribution in [-0.4, -0.2) is 96.3 Å². The summed E-state index contributed by atoms with van der Waals surface area (Å²) >= 11 is 1.53. The summed E-state index contributed by atoms with van der Waals surface area (Å²) in [4.78, 5) is 24.0. The van der Waals surface area contributed by atoms with Crippen molar-refractivity contribution in [2.45, 2.75) is 12.8 Å². The van der Waals surface area contributed by atoms with Crippen molar-refractivity contribution in [1.82, 2.24) is 19.7 Å². The molecule has 0 bridgehead atoms. The van der Waals surface area contributed by atoms with E-state index in [0.29, 0.717) is 24.3 Å². The summed E-state index contributed by atoms with van der Waals surface area (Å²) in [6.45, 7) is 7.47. The summed E-state index contributed by atoms with van der Waals surface area (Å²) in [7, 11) is 0. The fourth-order valence-electron chi connectivity index (χ4n) is 4.89.